The van der Waals surface area contributed by atoms with Gasteiger partial charge in [-0.3, -0.25) is 4.99 Å². The average molecular weight is 499 g/mol. The van der Waals surface area contributed by atoms with E-state index in [9.17, 15) is 0 Å². The molecule has 0 spiro atoms. The van der Waals surface area contributed by atoms with E-state index in [0.29, 0.717) is 11.3 Å². The third-order valence-electron chi connectivity index (χ3n) is 4.85. The van der Waals surface area contributed by atoms with E-state index in [1.54, 1.807) is 0 Å². The van der Waals surface area contributed by atoms with Crippen molar-refractivity contribution in [1.29, 1.82) is 0 Å². The van der Waals surface area contributed by atoms with Crippen LogP contribution in [0.3, 0.4) is 0 Å². The number of rotatable bonds is 7. The molecule has 7 heteroatoms. The molecule has 0 aliphatic carbocycles. The van der Waals surface area contributed by atoms with E-state index in [0.717, 1.165) is 31.3 Å². The number of thioether (sulfide) groups is 1. The van der Waals surface area contributed by atoms with Gasteiger partial charge in [-0.1, -0.05) is 30.3 Å². The molecule has 2 aromatic rings. The van der Waals surface area contributed by atoms with Gasteiger partial charge >= 0.3 is 0 Å². The second kappa shape index (κ2) is 10.9. The van der Waals surface area contributed by atoms with Crippen molar-refractivity contribution in [3.05, 3.63) is 54.1 Å². The Morgan fingerprint density at radius 1 is 1.30 bits per heavy atom. The molecule has 1 saturated heterocycles. The lowest BCUT2D eigenvalue weighted by molar-refractivity contribution is 0.581. The van der Waals surface area contributed by atoms with Crippen LogP contribution < -0.4 is 10.6 Å². The first-order valence-electron chi connectivity index (χ1n) is 9.31. The zero-order chi connectivity index (χ0) is 18.2. The molecule has 2 heterocycles. The Kier molecular flexibility index (Phi) is 8.95. The molecule has 1 fully saturated rings. The summed E-state index contributed by atoms with van der Waals surface area (Å²) >= 11 is 2.06. The fourth-order valence-corrected chi connectivity index (χ4v) is 4.48. The zero-order valence-electron chi connectivity index (χ0n) is 16.1. The van der Waals surface area contributed by atoms with Crippen molar-refractivity contribution in [3.8, 4) is 0 Å². The highest BCUT2D eigenvalue weighted by Gasteiger charge is 2.29. The van der Waals surface area contributed by atoms with Gasteiger partial charge in [0.2, 0.25) is 0 Å². The van der Waals surface area contributed by atoms with E-state index < -0.39 is 0 Å². The third kappa shape index (κ3) is 6.71. The van der Waals surface area contributed by atoms with Crippen molar-refractivity contribution in [2.45, 2.75) is 44.0 Å². The van der Waals surface area contributed by atoms with Crippen molar-refractivity contribution in [2.75, 3.05) is 19.3 Å². The maximum Gasteiger partial charge on any atom is 0.191 e. The number of hydrogen-bond acceptors (Lipinski definition) is 3. The van der Waals surface area contributed by atoms with E-state index in [-0.39, 0.29) is 24.0 Å². The Labute approximate surface area is 183 Å². The predicted octanol–water partition coefficient (Wildman–Crippen LogP) is 3.69. The fourth-order valence-electron chi connectivity index (χ4n) is 3.24. The van der Waals surface area contributed by atoms with Crippen molar-refractivity contribution in [2.24, 2.45) is 4.99 Å². The molecule has 1 unspecified atom stereocenters. The number of guanidine groups is 1. The summed E-state index contributed by atoms with van der Waals surface area (Å²) < 4.78 is 2.53. The van der Waals surface area contributed by atoms with Crippen LogP contribution in [0.15, 0.2) is 47.7 Å². The number of halogens is 1. The Morgan fingerprint density at radius 2 is 2.11 bits per heavy atom. The molecular formula is C20H30IN5S. The largest absolute Gasteiger partial charge is 0.355 e. The lowest BCUT2D eigenvalue weighted by Crippen LogP contribution is -2.43. The quantitative estimate of drug-likeness (QED) is 0.347. The smallest absolute Gasteiger partial charge is 0.191 e. The Hall–Kier alpha value is -1.22. The molecule has 0 bridgehead atoms. The van der Waals surface area contributed by atoms with Gasteiger partial charge in [0.15, 0.2) is 5.96 Å². The normalized spacial score (nSPS) is 19.6. The van der Waals surface area contributed by atoms with Crippen molar-refractivity contribution >= 4 is 41.7 Å². The van der Waals surface area contributed by atoms with E-state index in [1.807, 2.05) is 19.4 Å². The first-order chi connectivity index (χ1) is 12.7. The molecule has 1 aliphatic rings. The predicted molar refractivity (Wildman–Crippen MR) is 126 cm³/mol. The van der Waals surface area contributed by atoms with E-state index in [2.05, 4.69) is 74.2 Å². The number of aryl methyl sites for hydroxylation is 2. The Balaban J connectivity index is 0.00000261. The lowest BCUT2D eigenvalue weighted by atomic mass is 10.1. The summed E-state index contributed by atoms with van der Waals surface area (Å²) in [5.74, 6) is 3.14. The number of imidazole rings is 1. The molecule has 3 rings (SSSR count). The zero-order valence-corrected chi connectivity index (χ0v) is 19.3. The summed E-state index contributed by atoms with van der Waals surface area (Å²) in [4.78, 5) is 8.85. The topological polar surface area (TPSA) is 54.2 Å². The van der Waals surface area contributed by atoms with Gasteiger partial charge in [0, 0.05) is 37.3 Å². The molecular weight excluding hydrogens is 469 g/mol. The van der Waals surface area contributed by atoms with Crippen LogP contribution in [0.4, 0.5) is 0 Å². The second-order valence-corrected chi connectivity index (χ2v) is 8.64. The Morgan fingerprint density at radius 3 is 2.81 bits per heavy atom. The molecule has 0 radical (unpaired) electrons. The number of nitrogens with one attached hydrogen (secondary N) is 2. The van der Waals surface area contributed by atoms with Crippen molar-refractivity contribution in [1.82, 2.24) is 20.2 Å². The summed E-state index contributed by atoms with van der Waals surface area (Å²) in [7, 11) is 1.82. The van der Waals surface area contributed by atoms with Crippen LogP contribution in [-0.4, -0.2) is 39.6 Å². The van der Waals surface area contributed by atoms with Crippen LogP contribution in [0.25, 0.3) is 0 Å². The summed E-state index contributed by atoms with van der Waals surface area (Å²) in [5.41, 5.74) is 1.35. The molecule has 1 aliphatic heterocycles. The summed E-state index contributed by atoms with van der Waals surface area (Å²) in [6, 6.07) is 10.6. The highest BCUT2D eigenvalue weighted by molar-refractivity contribution is 14.0. The first kappa shape index (κ1) is 22.1. The summed E-state index contributed by atoms with van der Waals surface area (Å²) in [6.45, 7) is 4.88. The van der Waals surface area contributed by atoms with Gasteiger partial charge in [-0.05, 0) is 37.5 Å². The molecule has 5 nitrogen and oxygen atoms in total. The molecule has 0 amide bonds. The number of hydrogen-bond donors (Lipinski definition) is 2. The minimum atomic E-state index is 0. The minimum Gasteiger partial charge on any atom is -0.355 e. The van der Waals surface area contributed by atoms with Crippen molar-refractivity contribution < 1.29 is 0 Å². The van der Waals surface area contributed by atoms with Gasteiger partial charge < -0.3 is 15.2 Å². The maximum absolute atomic E-state index is 4.50. The van der Waals surface area contributed by atoms with Gasteiger partial charge in [0.1, 0.15) is 5.82 Å². The number of nitrogens with zero attached hydrogens (tertiary/aromatic N) is 3. The summed E-state index contributed by atoms with van der Waals surface area (Å²) in [6.07, 6.45) is 7.51. The highest BCUT2D eigenvalue weighted by Crippen LogP contribution is 2.36. The Bertz CT molecular complexity index is 710. The van der Waals surface area contributed by atoms with Crippen LogP contribution in [0.5, 0.6) is 0 Å². The monoisotopic (exact) mass is 499 g/mol. The molecule has 148 valence electrons. The lowest BCUT2D eigenvalue weighted by Gasteiger charge is -2.24. The van der Waals surface area contributed by atoms with E-state index >= 15 is 0 Å². The number of benzene rings is 1. The molecule has 2 N–H and O–H groups in total. The summed E-state index contributed by atoms with van der Waals surface area (Å²) in [5, 5.41) is 6.87. The van der Waals surface area contributed by atoms with Gasteiger partial charge in [-0.25, -0.2) is 4.98 Å². The first-order valence-corrected chi connectivity index (χ1v) is 10.3. The van der Waals surface area contributed by atoms with Crippen LogP contribution in [0.2, 0.25) is 0 Å². The standard InChI is InChI=1S/C20H29N5S.HI/c1-20(10-6-14-26-20)16-24-19(21-2)23-15-18-22-11-13-25(18)12-9-17-7-4-3-5-8-17;/h3-5,7-8,11,13H,6,9-10,12,14-16H2,1-2H3,(H2,21,23,24);1H. The fraction of sp³-hybridized carbons (Fsp3) is 0.500. The molecule has 27 heavy (non-hydrogen) atoms. The van der Waals surface area contributed by atoms with Gasteiger partial charge in [0.25, 0.3) is 0 Å². The molecule has 1 atom stereocenters. The molecule has 1 aromatic heterocycles. The third-order valence-corrected chi connectivity index (χ3v) is 6.39. The highest BCUT2D eigenvalue weighted by atomic mass is 127. The average Bonchev–Trinajstić information content (AvgIpc) is 3.30. The van der Waals surface area contributed by atoms with Crippen molar-refractivity contribution in [3.63, 3.8) is 0 Å². The SMILES string of the molecule is CN=C(NCc1nccn1CCc1ccccc1)NCC1(C)CCCS1.I. The van der Waals surface area contributed by atoms with Gasteiger partial charge in [0.05, 0.1) is 6.54 Å². The van der Waals surface area contributed by atoms with Crippen LogP contribution >= 0.6 is 35.7 Å². The van der Waals surface area contributed by atoms with Gasteiger partial charge in [-0.2, -0.15) is 11.8 Å². The number of aliphatic imine (C=N–C) groups is 1. The maximum atomic E-state index is 4.50. The van der Waals surface area contributed by atoms with Crippen LogP contribution in [0, 0.1) is 0 Å². The van der Waals surface area contributed by atoms with E-state index in [4.69, 9.17) is 0 Å². The minimum absolute atomic E-state index is 0. The van der Waals surface area contributed by atoms with Crippen LogP contribution in [0.1, 0.15) is 31.2 Å². The van der Waals surface area contributed by atoms with Gasteiger partial charge in [-0.15, -0.1) is 24.0 Å². The van der Waals surface area contributed by atoms with E-state index in [1.165, 1.54) is 24.2 Å². The molecule has 0 saturated carbocycles. The second-order valence-electron chi connectivity index (χ2n) is 6.95. The molecule has 1 aromatic carbocycles. The number of aromatic nitrogens is 2. The van der Waals surface area contributed by atoms with Crippen LogP contribution in [-0.2, 0) is 19.5 Å².